The summed E-state index contributed by atoms with van der Waals surface area (Å²) < 4.78 is 54.5. The number of aryl methyl sites for hydroxylation is 1. The fourth-order valence-electron chi connectivity index (χ4n) is 4.65. The van der Waals surface area contributed by atoms with Crippen LogP contribution in [0.1, 0.15) is 58.2 Å². The highest BCUT2D eigenvalue weighted by atomic mass is 32.2. The number of nitrogens with one attached hydrogen (secondary N) is 1. The summed E-state index contributed by atoms with van der Waals surface area (Å²) in [7, 11) is -2.56. The molecule has 0 saturated carbocycles. The van der Waals surface area contributed by atoms with Crippen LogP contribution in [0.25, 0.3) is 11.0 Å². The molecule has 230 valence electrons. The number of likely N-dealkylation sites (tertiary alicyclic amines) is 1. The minimum atomic E-state index is -3.95. The summed E-state index contributed by atoms with van der Waals surface area (Å²) >= 11 is 0. The van der Waals surface area contributed by atoms with E-state index in [0.717, 1.165) is 35.3 Å². The van der Waals surface area contributed by atoms with E-state index >= 15 is 0 Å². The van der Waals surface area contributed by atoms with E-state index < -0.39 is 27.4 Å². The van der Waals surface area contributed by atoms with Crippen molar-refractivity contribution in [1.82, 2.24) is 19.2 Å². The van der Waals surface area contributed by atoms with Crippen molar-refractivity contribution in [2.24, 2.45) is 5.92 Å². The number of hydrogen-bond acceptors (Lipinski definition) is 8. The number of ether oxygens (including phenoxy) is 2. The molecule has 4 rings (SSSR count). The third kappa shape index (κ3) is 8.09. The maximum absolute atomic E-state index is 14.8. The van der Waals surface area contributed by atoms with Gasteiger partial charge in [-0.2, -0.15) is 18.0 Å². The molecule has 0 spiro atoms. The predicted octanol–water partition coefficient (Wildman–Crippen LogP) is 5.62. The summed E-state index contributed by atoms with van der Waals surface area (Å²) in [6.45, 7) is 8.75. The molecule has 43 heavy (non-hydrogen) atoms. The molecule has 11 nitrogen and oxygen atoms in total. The first kappa shape index (κ1) is 31.9. The zero-order chi connectivity index (χ0) is 31.4. The van der Waals surface area contributed by atoms with Crippen LogP contribution in [0.15, 0.2) is 36.5 Å². The van der Waals surface area contributed by atoms with Gasteiger partial charge in [0, 0.05) is 38.9 Å². The Balaban J connectivity index is 1.45. The fourth-order valence-corrected chi connectivity index (χ4v) is 5.60. The molecular weight excluding hydrogens is 575 g/mol. The monoisotopic (exact) mass is 612 g/mol. The fraction of sp³-hybridized carbons (Fsp3) is 0.467. The summed E-state index contributed by atoms with van der Waals surface area (Å²) in [5.74, 6) is -0.557. The second-order valence-electron chi connectivity index (χ2n) is 11.5. The van der Waals surface area contributed by atoms with Crippen LogP contribution in [0.2, 0.25) is 0 Å². The Bertz CT molecular complexity index is 1630. The quantitative estimate of drug-likeness (QED) is 0.329. The third-order valence-corrected chi connectivity index (χ3v) is 8.73. The van der Waals surface area contributed by atoms with E-state index in [9.17, 15) is 22.9 Å². The highest BCUT2D eigenvalue weighted by Gasteiger charge is 2.27. The lowest BCUT2D eigenvalue weighted by Crippen LogP contribution is -2.41. The molecule has 0 atom stereocenters. The number of nitrogens with zero attached hydrogens (tertiary/aromatic N) is 5. The van der Waals surface area contributed by atoms with Gasteiger partial charge in [0.25, 0.3) is 0 Å². The van der Waals surface area contributed by atoms with Crippen LogP contribution < -0.4 is 9.46 Å². The number of benzene rings is 2. The van der Waals surface area contributed by atoms with Gasteiger partial charge in [-0.05, 0) is 76.6 Å². The molecule has 13 heteroatoms. The Labute approximate surface area is 251 Å². The number of hydrogen-bond donors (Lipinski definition) is 1. The second kappa shape index (κ2) is 13.1. The Hall–Kier alpha value is -4.02. The van der Waals surface area contributed by atoms with Gasteiger partial charge in [-0.1, -0.05) is 6.92 Å². The molecule has 2 heterocycles. The number of carbonyl (C=O) groups excluding carboxylic acids is 1. The average Bonchev–Trinajstić information content (AvgIpc) is 2.96. The van der Waals surface area contributed by atoms with Gasteiger partial charge in [-0.25, -0.2) is 14.2 Å². The van der Waals surface area contributed by atoms with Crippen molar-refractivity contribution in [2.75, 3.05) is 31.4 Å². The molecule has 3 aromatic rings. The molecule has 2 aromatic carbocycles. The number of aromatic nitrogens is 2. The lowest BCUT2D eigenvalue weighted by Gasteiger charge is -2.33. The van der Waals surface area contributed by atoms with Gasteiger partial charge < -0.3 is 14.4 Å². The summed E-state index contributed by atoms with van der Waals surface area (Å²) in [6, 6.07) is 8.94. The van der Waals surface area contributed by atoms with Crippen LogP contribution in [0.3, 0.4) is 0 Å². The molecular formula is C30H37FN6O5S. The van der Waals surface area contributed by atoms with Crippen molar-refractivity contribution in [1.29, 1.82) is 5.26 Å². The van der Waals surface area contributed by atoms with Gasteiger partial charge in [0.05, 0.1) is 22.4 Å². The van der Waals surface area contributed by atoms with Crippen molar-refractivity contribution in [3.8, 4) is 17.6 Å². The number of rotatable bonds is 9. The number of halogens is 1. The number of carbonyl (C=O) groups is 1. The van der Waals surface area contributed by atoms with Crippen LogP contribution in [0.5, 0.6) is 11.5 Å². The van der Waals surface area contributed by atoms with Gasteiger partial charge in [0.2, 0.25) is 0 Å². The molecule has 1 saturated heterocycles. The minimum absolute atomic E-state index is 0.0982. The number of amides is 1. The standard InChI is InChI=1S/C30H37FN6O5S/c1-6-36(5)43(39,40)35-25-12-10-24(31)28(23(25)18-32)41-22-9-11-26-27(17-22)34-21(19-33-26)8-7-20-13-15-37(16-14-20)29(38)42-30(2,3)4/h9-12,17,19-20,35H,6-8,13-16H2,1-5H3. The molecule has 1 N–H and O–H groups in total. The van der Waals surface area contributed by atoms with Crippen molar-refractivity contribution >= 4 is 33.0 Å². The van der Waals surface area contributed by atoms with E-state index in [1.54, 1.807) is 36.2 Å². The number of fused-ring (bicyclic) bond motifs is 1. The molecule has 1 aliphatic heterocycles. The Morgan fingerprint density at radius 1 is 1.21 bits per heavy atom. The lowest BCUT2D eigenvalue weighted by atomic mass is 9.92. The number of anilines is 1. The zero-order valence-corrected chi connectivity index (χ0v) is 25.9. The Kier molecular flexibility index (Phi) is 9.72. The van der Waals surface area contributed by atoms with Gasteiger partial charge in [-0.15, -0.1) is 0 Å². The summed E-state index contributed by atoms with van der Waals surface area (Å²) in [5.41, 5.74) is 1.04. The van der Waals surface area contributed by atoms with E-state index in [-0.39, 0.29) is 29.6 Å². The first-order chi connectivity index (χ1) is 20.3. The summed E-state index contributed by atoms with van der Waals surface area (Å²) in [6.07, 6.45) is 4.82. The van der Waals surface area contributed by atoms with Crippen LogP contribution in [0, 0.1) is 23.1 Å². The molecule has 1 aromatic heterocycles. The smallest absolute Gasteiger partial charge is 0.410 e. The molecule has 0 radical (unpaired) electrons. The van der Waals surface area contributed by atoms with Crippen molar-refractivity contribution in [2.45, 2.75) is 59.0 Å². The molecule has 1 fully saturated rings. The topological polar surface area (TPSA) is 138 Å². The molecule has 1 amide bonds. The van der Waals surface area contributed by atoms with E-state index in [0.29, 0.717) is 36.5 Å². The maximum Gasteiger partial charge on any atom is 0.410 e. The molecule has 1 aliphatic rings. The summed E-state index contributed by atoms with van der Waals surface area (Å²) in [4.78, 5) is 23.3. The Morgan fingerprint density at radius 2 is 1.93 bits per heavy atom. The second-order valence-corrected chi connectivity index (χ2v) is 13.3. The SMILES string of the molecule is CCN(C)S(=O)(=O)Nc1ccc(F)c(Oc2ccc3ncc(CCC4CCN(C(=O)OC(C)(C)C)CC4)nc3c2)c1C#N. The van der Waals surface area contributed by atoms with Crippen molar-refractivity contribution in [3.05, 3.63) is 53.6 Å². The molecule has 0 bridgehead atoms. The molecule has 0 aliphatic carbocycles. The summed E-state index contributed by atoms with van der Waals surface area (Å²) in [5, 5.41) is 9.76. The van der Waals surface area contributed by atoms with Crippen molar-refractivity contribution in [3.63, 3.8) is 0 Å². The lowest BCUT2D eigenvalue weighted by molar-refractivity contribution is 0.0181. The molecule has 0 unspecified atom stereocenters. The van der Waals surface area contributed by atoms with Gasteiger partial charge in [-0.3, -0.25) is 9.71 Å². The van der Waals surface area contributed by atoms with Crippen LogP contribution >= 0.6 is 0 Å². The minimum Gasteiger partial charge on any atom is -0.453 e. The van der Waals surface area contributed by atoms with E-state index in [1.807, 2.05) is 26.8 Å². The van der Waals surface area contributed by atoms with E-state index in [1.165, 1.54) is 13.1 Å². The zero-order valence-electron chi connectivity index (χ0n) is 25.1. The largest absolute Gasteiger partial charge is 0.453 e. The average molecular weight is 613 g/mol. The highest BCUT2D eigenvalue weighted by molar-refractivity contribution is 7.90. The van der Waals surface area contributed by atoms with Crippen LogP contribution in [-0.4, -0.2) is 66.0 Å². The van der Waals surface area contributed by atoms with Gasteiger partial charge in [0.1, 0.15) is 23.0 Å². The normalized spacial score (nSPS) is 14.5. The van der Waals surface area contributed by atoms with Crippen molar-refractivity contribution < 1.29 is 27.1 Å². The van der Waals surface area contributed by atoms with E-state index in [4.69, 9.17) is 14.5 Å². The first-order valence-corrected chi connectivity index (χ1v) is 15.6. The maximum atomic E-state index is 14.8. The number of piperidine rings is 1. The number of nitriles is 1. The van der Waals surface area contributed by atoms with Crippen LogP contribution in [0.4, 0.5) is 14.9 Å². The third-order valence-electron chi connectivity index (χ3n) is 7.17. The van der Waals surface area contributed by atoms with E-state index in [2.05, 4.69) is 9.71 Å². The highest BCUT2D eigenvalue weighted by Crippen LogP contribution is 2.34. The van der Waals surface area contributed by atoms with Gasteiger partial charge >= 0.3 is 16.3 Å². The first-order valence-electron chi connectivity index (χ1n) is 14.2. The Morgan fingerprint density at radius 3 is 2.58 bits per heavy atom. The predicted molar refractivity (Wildman–Crippen MR) is 160 cm³/mol. The van der Waals surface area contributed by atoms with Gasteiger partial charge in [0.15, 0.2) is 11.6 Å². The van der Waals surface area contributed by atoms with Crippen LogP contribution in [-0.2, 0) is 21.4 Å².